The van der Waals surface area contributed by atoms with Crippen LogP contribution < -0.4 is 10.6 Å². The first-order valence-corrected chi connectivity index (χ1v) is 16.6. The molecule has 2 N–H and O–H groups in total. The van der Waals surface area contributed by atoms with Gasteiger partial charge in [-0.2, -0.15) is 0 Å². The van der Waals surface area contributed by atoms with Crippen LogP contribution >= 0.6 is 0 Å². The number of amides is 1. The summed E-state index contributed by atoms with van der Waals surface area (Å²) in [6, 6.07) is 21.8. The third kappa shape index (κ3) is 8.98. The van der Waals surface area contributed by atoms with Gasteiger partial charge in [-0.3, -0.25) is 14.6 Å². The molecule has 2 aliphatic heterocycles. The summed E-state index contributed by atoms with van der Waals surface area (Å²) in [6.45, 7) is 15.4. The molecule has 2 fully saturated rings. The maximum atomic E-state index is 15.0. The van der Waals surface area contributed by atoms with Crippen molar-refractivity contribution in [3.63, 3.8) is 0 Å². The summed E-state index contributed by atoms with van der Waals surface area (Å²) in [6.07, 6.45) is 3.90. The van der Waals surface area contributed by atoms with Crippen molar-refractivity contribution < 1.29 is 13.7 Å². The Kier molecular flexibility index (Phi) is 11.2. The van der Waals surface area contributed by atoms with Crippen molar-refractivity contribution in [1.29, 1.82) is 0 Å². The van der Waals surface area contributed by atoms with Gasteiger partial charge in [0.2, 0.25) is 0 Å². The van der Waals surface area contributed by atoms with Crippen molar-refractivity contribution >= 4 is 5.91 Å². The predicted octanol–water partition coefficient (Wildman–Crippen LogP) is 5.67. The van der Waals surface area contributed by atoms with Gasteiger partial charge >= 0.3 is 0 Å². The molecule has 2 heterocycles. The average molecular weight is 601 g/mol. The van der Waals surface area contributed by atoms with Crippen LogP contribution in [0.15, 0.2) is 66.7 Å². The van der Waals surface area contributed by atoms with E-state index in [4.69, 9.17) is 0 Å². The van der Waals surface area contributed by atoms with Crippen LogP contribution in [-0.2, 0) is 19.6 Å². The van der Waals surface area contributed by atoms with Crippen molar-refractivity contribution in [1.82, 2.24) is 20.4 Å². The van der Waals surface area contributed by atoms with Crippen LogP contribution in [-0.4, -0.2) is 85.6 Å². The molecule has 0 saturated carbocycles. The summed E-state index contributed by atoms with van der Waals surface area (Å²) in [5.41, 5.74) is 5.31. The topological polar surface area (TPSA) is 47.6 Å². The molecule has 1 atom stereocenters. The Morgan fingerprint density at radius 1 is 0.932 bits per heavy atom. The first kappa shape index (κ1) is 32.3. The number of hydrogen-bond acceptors (Lipinski definition) is 4. The van der Waals surface area contributed by atoms with E-state index in [1.807, 2.05) is 36.4 Å². The maximum Gasteiger partial charge on any atom is 0.251 e. The van der Waals surface area contributed by atoms with Gasteiger partial charge in [0.15, 0.2) is 0 Å². The lowest BCUT2D eigenvalue weighted by Crippen LogP contribution is -2.57. The molecular formula is C37H51FN5O+. The van der Waals surface area contributed by atoms with E-state index in [9.17, 15) is 9.18 Å². The lowest BCUT2D eigenvalue weighted by atomic mass is 10.00. The fourth-order valence-corrected chi connectivity index (χ4v) is 6.62. The Morgan fingerprint density at radius 2 is 1.68 bits per heavy atom. The minimum atomic E-state index is -0.251. The van der Waals surface area contributed by atoms with Crippen molar-refractivity contribution in [2.24, 2.45) is 0 Å². The molecule has 0 bridgehead atoms. The Labute approximate surface area is 263 Å². The standard InChI is InChI=1S/C37H50FN5O/c1-4-5-6-19-43(3)20-17-41(18-21-43)27-32-10-8-12-34(23-32)37(44)40-25-30-13-14-36(38)35(24-30)33-11-7-9-31(22-33)28-42-16-15-39-29(2)26-42/h7-14,22-24,29,39H,4-6,15-21,25-28H2,1-3H3/p+1. The minimum absolute atomic E-state index is 0.108. The molecule has 44 heavy (non-hydrogen) atoms. The van der Waals surface area contributed by atoms with Gasteiger partial charge in [-0.1, -0.05) is 49.7 Å². The second-order valence-corrected chi connectivity index (χ2v) is 13.3. The van der Waals surface area contributed by atoms with Gasteiger partial charge in [0.05, 0.1) is 26.7 Å². The number of rotatable bonds is 12. The number of quaternary nitrogens is 1. The molecule has 6 nitrogen and oxygen atoms in total. The van der Waals surface area contributed by atoms with Crippen LogP contribution in [0.2, 0.25) is 0 Å². The molecule has 5 rings (SSSR count). The normalized spacial score (nSPS) is 19.1. The van der Waals surface area contributed by atoms with Crippen LogP contribution in [0.3, 0.4) is 0 Å². The fourth-order valence-electron chi connectivity index (χ4n) is 6.62. The van der Waals surface area contributed by atoms with E-state index in [0.717, 1.165) is 56.9 Å². The highest BCUT2D eigenvalue weighted by Gasteiger charge is 2.28. The van der Waals surface area contributed by atoms with Gasteiger partial charge in [0, 0.05) is 69.5 Å². The van der Waals surface area contributed by atoms with Crippen LogP contribution in [0, 0.1) is 5.82 Å². The van der Waals surface area contributed by atoms with Crippen molar-refractivity contribution in [2.45, 2.75) is 58.8 Å². The third-order valence-electron chi connectivity index (χ3n) is 9.39. The number of halogens is 1. The lowest BCUT2D eigenvalue weighted by molar-refractivity contribution is -0.914. The highest BCUT2D eigenvalue weighted by Crippen LogP contribution is 2.26. The van der Waals surface area contributed by atoms with E-state index in [1.54, 1.807) is 6.07 Å². The van der Waals surface area contributed by atoms with Crippen LogP contribution in [0.4, 0.5) is 4.39 Å². The molecule has 2 saturated heterocycles. The highest BCUT2D eigenvalue weighted by molar-refractivity contribution is 5.94. The quantitative estimate of drug-likeness (QED) is 0.208. The molecule has 1 amide bonds. The zero-order chi connectivity index (χ0) is 30.9. The molecule has 2 aliphatic rings. The molecule has 7 heteroatoms. The fraction of sp³-hybridized carbons (Fsp3) is 0.486. The third-order valence-corrected chi connectivity index (χ3v) is 9.39. The number of carbonyl (C=O) groups is 1. The van der Waals surface area contributed by atoms with E-state index >= 15 is 0 Å². The molecule has 236 valence electrons. The monoisotopic (exact) mass is 600 g/mol. The highest BCUT2D eigenvalue weighted by atomic mass is 19.1. The summed E-state index contributed by atoms with van der Waals surface area (Å²) in [7, 11) is 2.40. The minimum Gasteiger partial charge on any atom is -0.348 e. The first-order chi connectivity index (χ1) is 21.3. The van der Waals surface area contributed by atoms with Crippen LogP contribution in [0.1, 0.15) is 60.2 Å². The second-order valence-electron chi connectivity index (χ2n) is 13.3. The number of benzene rings is 3. The molecule has 0 spiro atoms. The summed E-state index contributed by atoms with van der Waals surface area (Å²) in [5, 5.41) is 6.54. The first-order valence-electron chi connectivity index (χ1n) is 16.6. The molecule has 0 aliphatic carbocycles. The van der Waals surface area contributed by atoms with Gasteiger partial charge < -0.3 is 15.1 Å². The number of nitrogens with one attached hydrogen (secondary N) is 2. The molecule has 3 aromatic rings. The van der Waals surface area contributed by atoms with E-state index in [0.29, 0.717) is 23.7 Å². The van der Waals surface area contributed by atoms with Gasteiger partial charge in [0.1, 0.15) is 5.82 Å². The van der Waals surface area contributed by atoms with E-state index in [2.05, 4.69) is 59.5 Å². The number of piperazine rings is 2. The Hall–Kier alpha value is -3.10. The average Bonchev–Trinajstić information content (AvgIpc) is 3.02. The molecule has 0 radical (unpaired) electrons. The summed E-state index contributed by atoms with van der Waals surface area (Å²) in [4.78, 5) is 18.1. The van der Waals surface area contributed by atoms with Gasteiger partial charge in [-0.25, -0.2) is 4.39 Å². The molecule has 0 aromatic heterocycles. The van der Waals surface area contributed by atoms with E-state index in [-0.39, 0.29) is 11.7 Å². The number of carbonyl (C=O) groups excluding carboxylic acids is 1. The summed E-state index contributed by atoms with van der Waals surface area (Å²) < 4.78 is 16.2. The molecule has 1 unspecified atom stereocenters. The maximum absolute atomic E-state index is 15.0. The Bertz CT molecular complexity index is 1390. The number of hydrogen-bond donors (Lipinski definition) is 2. The molecule has 3 aromatic carbocycles. The Morgan fingerprint density at radius 3 is 2.45 bits per heavy atom. The predicted molar refractivity (Wildman–Crippen MR) is 178 cm³/mol. The van der Waals surface area contributed by atoms with E-state index in [1.165, 1.54) is 60.6 Å². The second kappa shape index (κ2) is 15.3. The van der Waals surface area contributed by atoms with Gasteiger partial charge in [-0.05, 0) is 72.4 Å². The van der Waals surface area contributed by atoms with Gasteiger partial charge in [-0.15, -0.1) is 0 Å². The molecular weight excluding hydrogens is 549 g/mol. The summed E-state index contributed by atoms with van der Waals surface area (Å²) >= 11 is 0. The SMILES string of the molecule is CCCCC[N+]1(C)CCN(Cc2cccc(C(=O)NCc3ccc(F)c(-c4cccc(CN5CCNC(C)C5)c4)c3)c2)CC1. The number of likely N-dealkylation sites (N-methyl/N-ethyl adjacent to an activating group) is 1. The van der Waals surface area contributed by atoms with E-state index < -0.39 is 0 Å². The zero-order valence-corrected chi connectivity index (χ0v) is 27.0. The van der Waals surface area contributed by atoms with Crippen molar-refractivity contribution in [3.8, 4) is 11.1 Å². The van der Waals surface area contributed by atoms with Crippen molar-refractivity contribution in [3.05, 3.63) is 94.8 Å². The number of unbranched alkanes of at least 4 members (excludes halogenated alkanes) is 2. The van der Waals surface area contributed by atoms with Crippen LogP contribution in [0.5, 0.6) is 0 Å². The summed E-state index contributed by atoms with van der Waals surface area (Å²) in [5.74, 6) is -0.359. The largest absolute Gasteiger partial charge is 0.348 e. The zero-order valence-electron chi connectivity index (χ0n) is 27.0. The van der Waals surface area contributed by atoms with Crippen LogP contribution in [0.25, 0.3) is 11.1 Å². The Balaban J connectivity index is 1.16. The van der Waals surface area contributed by atoms with Gasteiger partial charge in [0.25, 0.3) is 5.91 Å². The van der Waals surface area contributed by atoms with Crippen molar-refractivity contribution in [2.75, 3.05) is 59.4 Å². The smallest absolute Gasteiger partial charge is 0.251 e. The number of nitrogens with zero attached hydrogens (tertiary/aromatic N) is 3. The lowest BCUT2D eigenvalue weighted by Gasteiger charge is -2.42.